The van der Waals surface area contributed by atoms with E-state index in [2.05, 4.69) is 5.32 Å². The van der Waals surface area contributed by atoms with Gasteiger partial charge in [-0.3, -0.25) is 9.59 Å². The summed E-state index contributed by atoms with van der Waals surface area (Å²) in [6.07, 6.45) is 1.16. The molecule has 0 fully saturated rings. The Morgan fingerprint density at radius 3 is 2.26 bits per heavy atom. The van der Waals surface area contributed by atoms with Crippen molar-refractivity contribution < 1.29 is 23.8 Å². The number of rotatable bonds is 15. The van der Waals surface area contributed by atoms with Crippen LogP contribution in [0.2, 0.25) is 5.02 Å². The molecular formula is C31H37ClN2O5. The Labute approximate surface area is 236 Å². The zero-order valence-electron chi connectivity index (χ0n) is 22.8. The number of hydrogen-bond donors (Lipinski definition) is 1. The van der Waals surface area contributed by atoms with E-state index in [1.165, 1.54) is 0 Å². The van der Waals surface area contributed by atoms with Gasteiger partial charge in [0.15, 0.2) is 11.5 Å². The Kier molecular flexibility index (Phi) is 12.1. The van der Waals surface area contributed by atoms with E-state index in [-0.39, 0.29) is 24.8 Å². The summed E-state index contributed by atoms with van der Waals surface area (Å²) in [5, 5.41) is 3.63. The zero-order chi connectivity index (χ0) is 28.0. The van der Waals surface area contributed by atoms with Gasteiger partial charge in [-0.15, -0.1) is 0 Å². The van der Waals surface area contributed by atoms with Crippen molar-refractivity contribution in [3.05, 3.63) is 94.5 Å². The molecule has 0 aromatic heterocycles. The van der Waals surface area contributed by atoms with Crippen LogP contribution in [-0.2, 0) is 33.7 Å². The summed E-state index contributed by atoms with van der Waals surface area (Å²) in [7, 11) is 3.12. The van der Waals surface area contributed by atoms with Crippen molar-refractivity contribution in [1.82, 2.24) is 10.2 Å². The highest BCUT2D eigenvalue weighted by atomic mass is 35.5. The second-order valence-corrected chi connectivity index (χ2v) is 9.50. The first kappa shape index (κ1) is 30.0. The molecular weight excluding hydrogens is 516 g/mol. The molecule has 3 aromatic rings. The lowest BCUT2D eigenvalue weighted by atomic mass is 10.0. The first-order valence-electron chi connectivity index (χ1n) is 13.1. The predicted octanol–water partition coefficient (Wildman–Crippen LogP) is 5.08. The predicted molar refractivity (Wildman–Crippen MR) is 153 cm³/mol. The molecule has 3 rings (SSSR count). The van der Waals surface area contributed by atoms with Gasteiger partial charge in [-0.1, -0.05) is 60.1 Å². The maximum atomic E-state index is 13.9. The fourth-order valence-electron chi connectivity index (χ4n) is 4.26. The number of hydrogen-bond acceptors (Lipinski definition) is 5. The second-order valence-electron chi connectivity index (χ2n) is 9.06. The molecule has 0 spiro atoms. The molecule has 1 atom stereocenters. The largest absolute Gasteiger partial charge is 0.493 e. The maximum Gasteiger partial charge on any atom is 0.243 e. The van der Waals surface area contributed by atoms with Crippen LogP contribution in [0.25, 0.3) is 0 Å². The van der Waals surface area contributed by atoms with E-state index < -0.39 is 6.04 Å². The molecule has 208 valence electrons. The van der Waals surface area contributed by atoms with Crippen molar-refractivity contribution in [2.24, 2.45) is 0 Å². The maximum absolute atomic E-state index is 13.9. The van der Waals surface area contributed by atoms with Crippen LogP contribution < -0.4 is 14.8 Å². The fraction of sp³-hybridized carbons (Fsp3) is 0.355. The van der Waals surface area contributed by atoms with Gasteiger partial charge in [-0.2, -0.15) is 0 Å². The molecule has 8 heteroatoms. The normalized spacial score (nSPS) is 11.5. The van der Waals surface area contributed by atoms with Crippen LogP contribution in [0, 0.1) is 0 Å². The minimum atomic E-state index is -0.720. The molecule has 0 heterocycles. The lowest BCUT2D eigenvalue weighted by Crippen LogP contribution is -2.51. The van der Waals surface area contributed by atoms with Crippen LogP contribution in [0.3, 0.4) is 0 Å². The van der Waals surface area contributed by atoms with Crippen molar-refractivity contribution in [3.63, 3.8) is 0 Å². The number of amides is 2. The van der Waals surface area contributed by atoms with Crippen molar-refractivity contribution >= 4 is 23.4 Å². The third-order valence-electron chi connectivity index (χ3n) is 6.31. The van der Waals surface area contributed by atoms with Crippen molar-refractivity contribution in [3.8, 4) is 11.5 Å². The highest BCUT2D eigenvalue weighted by Gasteiger charge is 2.30. The summed E-state index contributed by atoms with van der Waals surface area (Å²) in [4.78, 5) is 29.2. The molecule has 0 saturated heterocycles. The topological polar surface area (TPSA) is 77.1 Å². The Hall–Kier alpha value is -3.55. The van der Waals surface area contributed by atoms with Gasteiger partial charge in [-0.25, -0.2) is 0 Å². The summed E-state index contributed by atoms with van der Waals surface area (Å²) >= 11 is 6.11. The quantitative estimate of drug-likeness (QED) is 0.266. The van der Waals surface area contributed by atoms with Crippen LogP contribution in [0.15, 0.2) is 72.8 Å². The number of benzene rings is 3. The molecule has 1 N–H and O–H groups in total. The van der Waals surface area contributed by atoms with E-state index in [1.54, 1.807) is 43.4 Å². The van der Waals surface area contributed by atoms with Gasteiger partial charge >= 0.3 is 0 Å². The van der Waals surface area contributed by atoms with Crippen LogP contribution >= 0.6 is 11.6 Å². The highest BCUT2D eigenvalue weighted by Crippen LogP contribution is 2.28. The number of methoxy groups -OCH3 is 2. The Morgan fingerprint density at radius 2 is 1.59 bits per heavy atom. The SMILES string of the molecule is CCOCCCNC(=O)C(Cc1ccccc1)N(Cc1ccc(Cl)cc1)C(=O)Cc1ccc(OC)c(OC)c1. The molecule has 3 aromatic carbocycles. The van der Waals surface area contributed by atoms with Gasteiger partial charge in [0.05, 0.1) is 20.6 Å². The van der Waals surface area contributed by atoms with E-state index in [1.807, 2.05) is 55.5 Å². The van der Waals surface area contributed by atoms with Crippen LogP contribution in [0.4, 0.5) is 0 Å². The van der Waals surface area contributed by atoms with Gasteiger partial charge in [0.1, 0.15) is 6.04 Å². The van der Waals surface area contributed by atoms with Gasteiger partial charge in [0.25, 0.3) is 0 Å². The molecule has 1 unspecified atom stereocenters. The number of carbonyl (C=O) groups is 2. The van der Waals surface area contributed by atoms with Crippen molar-refractivity contribution in [2.75, 3.05) is 34.0 Å². The van der Waals surface area contributed by atoms with Crippen molar-refractivity contribution in [2.45, 2.75) is 38.8 Å². The van der Waals surface area contributed by atoms with Crippen LogP contribution in [0.1, 0.15) is 30.0 Å². The Morgan fingerprint density at radius 1 is 0.897 bits per heavy atom. The molecule has 0 aliphatic rings. The molecule has 0 radical (unpaired) electrons. The average Bonchev–Trinajstić information content (AvgIpc) is 2.96. The third kappa shape index (κ3) is 9.30. The lowest BCUT2D eigenvalue weighted by molar-refractivity contribution is -0.140. The molecule has 0 bridgehead atoms. The highest BCUT2D eigenvalue weighted by molar-refractivity contribution is 6.30. The standard InChI is InChI=1S/C31H37ClN2O5/c1-4-39-18-8-17-33-31(36)27(19-23-9-6-5-7-10-23)34(22-24-11-14-26(32)15-12-24)30(35)21-25-13-16-28(37-2)29(20-25)38-3/h5-7,9-16,20,27H,4,8,17-19,21-22H2,1-3H3,(H,33,36). The molecule has 0 saturated carbocycles. The first-order valence-corrected chi connectivity index (χ1v) is 13.5. The zero-order valence-corrected chi connectivity index (χ0v) is 23.6. The molecule has 7 nitrogen and oxygen atoms in total. The van der Waals surface area contributed by atoms with Crippen molar-refractivity contribution in [1.29, 1.82) is 0 Å². The van der Waals surface area contributed by atoms with Gasteiger partial charge in [0.2, 0.25) is 11.8 Å². The van der Waals surface area contributed by atoms with Gasteiger partial charge < -0.3 is 24.4 Å². The van der Waals surface area contributed by atoms with E-state index in [4.69, 9.17) is 25.8 Å². The van der Waals surface area contributed by atoms with E-state index in [0.717, 1.165) is 16.7 Å². The van der Waals surface area contributed by atoms with E-state index in [0.29, 0.717) is 49.1 Å². The number of halogens is 1. The summed E-state index contributed by atoms with van der Waals surface area (Å²) in [5.41, 5.74) is 2.60. The third-order valence-corrected chi connectivity index (χ3v) is 6.56. The molecule has 2 amide bonds. The fourth-order valence-corrected chi connectivity index (χ4v) is 4.38. The second kappa shape index (κ2) is 15.8. The summed E-state index contributed by atoms with van der Waals surface area (Å²) in [6.45, 7) is 3.85. The lowest BCUT2D eigenvalue weighted by Gasteiger charge is -2.32. The monoisotopic (exact) mass is 552 g/mol. The first-order chi connectivity index (χ1) is 18.9. The summed E-state index contributed by atoms with van der Waals surface area (Å²) < 4.78 is 16.2. The number of carbonyl (C=O) groups excluding carboxylic acids is 2. The summed E-state index contributed by atoms with van der Waals surface area (Å²) in [6, 6.07) is 21.7. The molecule has 0 aliphatic carbocycles. The smallest absolute Gasteiger partial charge is 0.243 e. The van der Waals surface area contributed by atoms with E-state index in [9.17, 15) is 9.59 Å². The molecule has 39 heavy (non-hydrogen) atoms. The van der Waals surface area contributed by atoms with Gasteiger partial charge in [-0.05, 0) is 54.3 Å². The minimum absolute atomic E-state index is 0.0941. The minimum Gasteiger partial charge on any atom is -0.493 e. The number of nitrogens with one attached hydrogen (secondary N) is 1. The Bertz CT molecular complexity index is 1190. The van der Waals surface area contributed by atoms with Crippen LogP contribution in [-0.4, -0.2) is 56.7 Å². The Balaban J connectivity index is 1.91. The average molecular weight is 553 g/mol. The summed E-state index contributed by atoms with van der Waals surface area (Å²) in [5.74, 6) is 0.743. The van der Waals surface area contributed by atoms with Gasteiger partial charge in [0, 0.05) is 37.7 Å². The number of nitrogens with zero attached hydrogens (tertiary/aromatic N) is 1. The van der Waals surface area contributed by atoms with E-state index >= 15 is 0 Å². The molecule has 0 aliphatic heterocycles. The van der Waals surface area contributed by atoms with Crippen LogP contribution in [0.5, 0.6) is 11.5 Å². The number of ether oxygens (including phenoxy) is 3.